The van der Waals surface area contributed by atoms with E-state index in [0.717, 1.165) is 15.8 Å². The molecular formula is C15H14BrFO2. The number of methoxy groups -OCH3 is 1. The van der Waals surface area contributed by atoms with Crippen LogP contribution in [0.25, 0.3) is 0 Å². The highest BCUT2D eigenvalue weighted by molar-refractivity contribution is 9.10. The molecule has 0 fully saturated rings. The Morgan fingerprint density at radius 2 is 1.89 bits per heavy atom. The lowest BCUT2D eigenvalue weighted by atomic mass is 10.2. The summed E-state index contributed by atoms with van der Waals surface area (Å²) in [5.74, 6) is 0.538. The molecule has 4 heteroatoms. The molecule has 100 valence electrons. The zero-order valence-electron chi connectivity index (χ0n) is 10.5. The van der Waals surface area contributed by atoms with Crippen LogP contribution >= 0.6 is 15.9 Å². The summed E-state index contributed by atoms with van der Waals surface area (Å²) >= 11 is 3.42. The fourth-order valence-electron chi connectivity index (χ4n) is 1.69. The van der Waals surface area contributed by atoms with Crippen molar-refractivity contribution in [3.8, 4) is 5.75 Å². The van der Waals surface area contributed by atoms with E-state index in [0.29, 0.717) is 12.2 Å². The summed E-state index contributed by atoms with van der Waals surface area (Å²) in [5.41, 5.74) is 1.57. The van der Waals surface area contributed by atoms with Gasteiger partial charge < -0.3 is 9.47 Å². The van der Waals surface area contributed by atoms with Crippen molar-refractivity contribution in [1.29, 1.82) is 0 Å². The molecular weight excluding hydrogens is 311 g/mol. The molecule has 2 nitrogen and oxygen atoms in total. The molecule has 0 aliphatic rings. The molecule has 0 aliphatic heterocycles. The molecule has 0 radical (unpaired) electrons. The highest BCUT2D eigenvalue weighted by Crippen LogP contribution is 2.25. The second kappa shape index (κ2) is 6.68. The Morgan fingerprint density at radius 3 is 2.58 bits per heavy atom. The molecule has 0 aromatic heterocycles. The first-order valence-electron chi connectivity index (χ1n) is 5.84. The van der Waals surface area contributed by atoms with Gasteiger partial charge in [-0.15, -0.1) is 0 Å². The van der Waals surface area contributed by atoms with Gasteiger partial charge in [-0.25, -0.2) is 4.39 Å². The first-order chi connectivity index (χ1) is 9.20. The fraction of sp³-hybridized carbons (Fsp3) is 0.200. The van der Waals surface area contributed by atoms with E-state index in [-0.39, 0.29) is 12.4 Å². The zero-order chi connectivity index (χ0) is 13.7. The summed E-state index contributed by atoms with van der Waals surface area (Å²) in [4.78, 5) is 0. The molecule has 2 aromatic carbocycles. The van der Waals surface area contributed by atoms with Crippen molar-refractivity contribution in [3.05, 3.63) is 63.9 Å². The lowest BCUT2D eigenvalue weighted by molar-refractivity contribution is 0.105. The lowest BCUT2D eigenvalue weighted by Crippen LogP contribution is -1.97. The van der Waals surface area contributed by atoms with E-state index in [4.69, 9.17) is 9.47 Å². The number of halogens is 2. The minimum Gasteiger partial charge on any atom is -0.496 e. The molecule has 0 saturated carbocycles. The predicted octanol–water partition coefficient (Wildman–Crippen LogP) is 4.31. The summed E-state index contributed by atoms with van der Waals surface area (Å²) in [6.45, 7) is 0.688. The summed E-state index contributed by atoms with van der Waals surface area (Å²) in [7, 11) is 1.62. The van der Waals surface area contributed by atoms with Crippen LogP contribution in [0.15, 0.2) is 46.9 Å². The maximum atomic E-state index is 13.4. The predicted molar refractivity (Wildman–Crippen MR) is 75.6 cm³/mol. The normalized spacial score (nSPS) is 10.5. The third kappa shape index (κ3) is 3.78. The van der Waals surface area contributed by atoms with Gasteiger partial charge in [0.1, 0.15) is 11.6 Å². The van der Waals surface area contributed by atoms with Crippen LogP contribution in [0.3, 0.4) is 0 Å². The first kappa shape index (κ1) is 14.0. The van der Waals surface area contributed by atoms with Gasteiger partial charge in [0.15, 0.2) is 0 Å². The third-order valence-electron chi connectivity index (χ3n) is 2.70. The Kier molecular flexibility index (Phi) is 4.93. The van der Waals surface area contributed by atoms with Crippen molar-refractivity contribution in [2.24, 2.45) is 0 Å². The molecule has 19 heavy (non-hydrogen) atoms. The monoisotopic (exact) mass is 324 g/mol. The number of benzene rings is 2. The molecule has 2 rings (SSSR count). The van der Waals surface area contributed by atoms with Gasteiger partial charge in [-0.3, -0.25) is 0 Å². The summed E-state index contributed by atoms with van der Waals surface area (Å²) < 4.78 is 24.9. The molecule has 0 atom stereocenters. The second-order valence-electron chi connectivity index (χ2n) is 4.05. The molecule has 0 heterocycles. The summed E-state index contributed by atoms with van der Waals surface area (Å²) in [6, 6.07) is 12.3. The standard InChI is InChI=1S/C15H14BrFO2/c1-18-15-7-6-11(8-13(15)16)9-19-10-12-4-2-3-5-14(12)17/h2-8H,9-10H2,1H3. The smallest absolute Gasteiger partial charge is 0.133 e. The number of rotatable bonds is 5. The Morgan fingerprint density at radius 1 is 1.11 bits per heavy atom. The molecule has 0 spiro atoms. The average molecular weight is 325 g/mol. The Bertz CT molecular complexity index is 558. The van der Waals surface area contributed by atoms with E-state index in [2.05, 4.69) is 15.9 Å². The maximum Gasteiger partial charge on any atom is 0.133 e. The van der Waals surface area contributed by atoms with E-state index in [1.165, 1.54) is 6.07 Å². The van der Waals surface area contributed by atoms with E-state index < -0.39 is 0 Å². The molecule has 0 saturated heterocycles. The van der Waals surface area contributed by atoms with E-state index >= 15 is 0 Å². The van der Waals surface area contributed by atoms with Crippen LogP contribution in [0.4, 0.5) is 4.39 Å². The maximum absolute atomic E-state index is 13.4. The quantitative estimate of drug-likeness (QED) is 0.815. The second-order valence-corrected chi connectivity index (χ2v) is 4.91. The van der Waals surface area contributed by atoms with Crippen LogP contribution < -0.4 is 4.74 Å². The number of ether oxygens (including phenoxy) is 2. The molecule has 0 unspecified atom stereocenters. The van der Waals surface area contributed by atoms with Crippen molar-refractivity contribution in [1.82, 2.24) is 0 Å². The topological polar surface area (TPSA) is 18.5 Å². The van der Waals surface area contributed by atoms with Gasteiger partial charge in [0.25, 0.3) is 0 Å². The molecule has 0 bridgehead atoms. The Balaban J connectivity index is 1.93. The van der Waals surface area contributed by atoms with Crippen molar-refractivity contribution < 1.29 is 13.9 Å². The van der Waals surface area contributed by atoms with Gasteiger partial charge >= 0.3 is 0 Å². The van der Waals surface area contributed by atoms with E-state index in [9.17, 15) is 4.39 Å². The van der Waals surface area contributed by atoms with Crippen LogP contribution in [0.1, 0.15) is 11.1 Å². The van der Waals surface area contributed by atoms with E-state index in [1.54, 1.807) is 25.3 Å². The van der Waals surface area contributed by atoms with Gasteiger partial charge in [0.2, 0.25) is 0 Å². The zero-order valence-corrected chi connectivity index (χ0v) is 12.1. The summed E-state index contributed by atoms with van der Waals surface area (Å²) in [6.07, 6.45) is 0. The summed E-state index contributed by atoms with van der Waals surface area (Å²) in [5, 5.41) is 0. The fourth-order valence-corrected chi connectivity index (χ4v) is 2.28. The van der Waals surface area contributed by atoms with Gasteiger partial charge in [-0.1, -0.05) is 24.3 Å². The van der Waals surface area contributed by atoms with Gasteiger partial charge in [-0.05, 0) is 39.7 Å². The lowest BCUT2D eigenvalue weighted by Gasteiger charge is -2.08. The van der Waals surface area contributed by atoms with Gasteiger partial charge in [0, 0.05) is 5.56 Å². The van der Waals surface area contributed by atoms with Crippen molar-refractivity contribution >= 4 is 15.9 Å². The third-order valence-corrected chi connectivity index (χ3v) is 3.32. The van der Waals surface area contributed by atoms with Crippen molar-refractivity contribution in [2.75, 3.05) is 7.11 Å². The van der Waals surface area contributed by atoms with Crippen LogP contribution in [-0.4, -0.2) is 7.11 Å². The SMILES string of the molecule is COc1ccc(COCc2ccccc2F)cc1Br. The number of hydrogen-bond acceptors (Lipinski definition) is 2. The minimum absolute atomic E-state index is 0.238. The highest BCUT2D eigenvalue weighted by Gasteiger charge is 2.03. The average Bonchev–Trinajstić information content (AvgIpc) is 2.41. The largest absolute Gasteiger partial charge is 0.496 e. The molecule has 0 amide bonds. The van der Waals surface area contributed by atoms with Gasteiger partial charge in [0.05, 0.1) is 24.8 Å². The van der Waals surface area contributed by atoms with Crippen molar-refractivity contribution in [2.45, 2.75) is 13.2 Å². The van der Waals surface area contributed by atoms with E-state index in [1.807, 2.05) is 18.2 Å². The first-order valence-corrected chi connectivity index (χ1v) is 6.63. The minimum atomic E-state index is -0.238. The number of hydrogen-bond donors (Lipinski definition) is 0. The van der Waals surface area contributed by atoms with Gasteiger partial charge in [-0.2, -0.15) is 0 Å². The van der Waals surface area contributed by atoms with Crippen LogP contribution in [-0.2, 0) is 18.0 Å². The molecule has 0 N–H and O–H groups in total. The van der Waals surface area contributed by atoms with Crippen LogP contribution in [0.5, 0.6) is 5.75 Å². The Labute approximate surface area is 120 Å². The molecule has 2 aromatic rings. The molecule has 0 aliphatic carbocycles. The van der Waals surface area contributed by atoms with Crippen molar-refractivity contribution in [3.63, 3.8) is 0 Å². The highest BCUT2D eigenvalue weighted by atomic mass is 79.9. The Hall–Kier alpha value is -1.39. The van der Waals surface area contributed by atoms with Crippen LogP contribution in [0, 0.1) is 5.82 Å². The van der Waals surface area contributed by atoms with Crippen LogP contribution in [0.2, 0.25) is 0 Å².